The highest BCUT2D eigenvalue weighted by molar-refractivity contribution is 5.52. The monoisotopic (exact) mass is 222 g/mol. The van der Waals surface area contributed by atoms with Crippen molar-refractivity contribution < 1.29 is 9.84 Å². The molecule has 0 saturated carbocycles. The first-order valence-corrected chi connectivity index (χ1v) is 5.77. The molecule has 90 valence electrons. The first kappa shape index (κ1) is 12.9. The van der Waals surface area contributed by atoms with Crippen LogP contribution in [0.15, 0.2) is 6.07 Å². The quantitative estimate of drug-likeness (QED) is 0.825. The Labute approximate surface area is 98.3 Å². The molecule has 0 aliphatic carbocycles. The zero-order valence-corrected chi connectivity index (χ0v) is 11.1. The van der Waals surface area contributed by atoms with E-state index in [-0.39, 0.29) is 5.60 Å². The van der Waals surface area contributed by atoms with Gasteiger partial charge in [-0.25, -0.2) is 0 Å². The van der Waals surface area contributed by atoms with Crippen LogP contribution in [0.4, 0.5) is 0 Å². The number of phenols is 1. The van der Waals surface area contributed by atoms with Crippen LogP contribution in [-0.4, -0.2) is 10.7 Å². The van der Waals surface area contributed by atoms with Gasteiger partial charge in [0.05, 0.1) is 0 Å². The molecule has 2 nitrogen and oxygen atoms in total. The molecule has 16 heavy (non-hydrogen) atoms. The maximum atomic E-state index is 9.78. The lowest BCUT2D eigenvalue weighted by Crippen LogP contribution is -2.24. The predicted molar refractivity (Wildman–Crippen MR) is 67.3 cm³/mol. The molecule has 0 fully saturated rings. The highest BCUT2D eigenvalue weighted by Crippen LogP contribution is 2.35. The van der Waals surface area contributed by atoms with Crippen LogP contribution in [0.25, 0.3) is 0 Å². The van der Waals surface area contributed by atoms with Gasteiger partial charge in [-0.05, 0) is 63.8 Å². The predicted octanol–water partition coefficient (Wildman–Crippen LogP) is 3.75. The lowest BCUT2D eigenvalue weighted by Gasteiger charge is -2.25. The molecule has 2 heteroatoms. The number of aryl methyl sites for hydroxylation is 1. The Morgan fingerprint density at radius 3 is 2.19 bits per heavy atom. The van der Waals surface area contributed by atoms with Crippen LogP contribution in [-0.2, 0) is 6.42 Å². The van der Waals surface area contributed by atoms with Crippen molar-refractivity contribution in [2.75, 3.05) is 0 Å². The lowest BCUT2D eigenvalue weighted by molar-refractivity contribution is 0.128. The summed E-state index contributed by atoms with van der Waals surface area (Å²) >= 11 is 0. The molecule has 1 rings (SSSR count). The van der Waals surface area contributed by atoms with Gasteiger partial charge >= 0.3 is 0 Å². The molecular weight excluding hydrogens is 200 g/mol. The van der Waals surface area contributed by atoms with Crippen LogP contribution < -0.4 is 4.74 Å². The van der Waals surface area contributed by atoms with Gasteiger partial charge in [-0.3, -0.25) is 0 Å². The molecule has 0 radical (unpaired) electrons. The Morgan fingerprint density at radius 1 is 1.19 bits per heavy atom. The maximum Gasteiger partial charge on any atom is 0.126 e. The van der Waals surface area contributed by atoms with E-state index in [1.807, 2.05) is 40.7 Å². The lowest BCUT2D eigenvalue weighted by atomic mass is 10.0. The SMILES string of the molecule is CCc1cc(O)c(C)c(C)c1OC(C)(C)C. The summed E-state index contributed by atoms with van der Waals surface area (Å²) in [5, 5.41) is 9.78. The van der Waals surface area contributed by atoms with E-state index in [9.17, 15) is 5.11 Å². The van der Waals surface area contributed by atoms with E-state index in [4.69, 9.17) is 4.74 Å². The van der Waals surface area contributed by atoms with Crippen molar-refractivity contribution in [2.45, 2.75) is 53.6 Å². The highest BCUT2D eigenvalue weighted by Gasteiger charge is 2.18. The maximum absolute atomic E-state index is 9.78. The van der Waals surface area contributed by atoms with Crippen molar-refractivity contribution in [3.8, 4) is 11.5 Å². The molecule has 0 aliphatic heterocycles. The third-order valence-corrected chi connectivity index (χ3v) is 2.68. The number of rotatable bonds is 2. The summed E-state index contributed by atoms with van der Waals surface area (Å²) in [7, 11) is 0. The van der Waals surface area contributed by atoms with E-state index in [0.29, 0.717) is 5.75 Å². The van der Waals surface area contributed by atoms with Gasteiger partial charge in [0.2, 0.25) is 0 Å². The van der Waals surface area contributed by atoms with E-state index in [1.54, 1.807) is 0 Å². The molecule has 0 amide bonds. The smallest absolute Gasteiger partial charge is 0.126 e. The summed E-state index contributed by atoms with van der Waals surface area (Å²) in [5.74, 6) is 1.28. The zero-order valence-electron chi connectivity index (χ0n) is 11.1. The Hall–Kier alpha value is -1.18. The number of ether oxygens (including phenoxy) is 1. The topological polar surface area (TPSA) is 29.5 Å². The molecule has 0 unspecified atom stereocenters. The van der Waals surface area contributed by atoms with Gasteiger partial charge in [-0.1, -0.05) is 6.92 Å². The van der Waals surface area contributed by atoms with Crippen molar-refractivity contribution in [3.05, 3.63) is 22.8 Å². The Balaban J connectivity index is 3.30. The second kappa shape index (κ2) is 4.36. The molecule has 0 heterocycles. The van der Waals surface area contributed by atoms with Crippen LogP contribution in [0.5, 0.6) is 11.5 Å². The highest BCUT2D eigenvalue weighted by atomic mass is 16.5. The van der Waals surface area contributed by atoms with E-state index >= 15 is 0 Å². The zero-order chi connectivity index (χ0) is 12.5. The van der Waals surface area contributed by atoms with E-state index in [2.05, 4.69) is 6.92 Å². The number of hydrogen-bond acceptors (Lipinski definition) is 2. The van der Waals surface area contributed by atoms with Crippen LogP contribution in [0.2, 0.25) is 0 Å². The minimum absolute atomic E-state index is 0.210. The van der Waals surface area contributed by atoms with Crippen molar-refractivity contribution in [1.29, 1.82) is 0 Å². The average Bonchev–Trinajstić information content (AvgIpc) is 2.17. The molecule has 0 aliphatic rings. The van der Waals surface area contributed by atoms with Crippen LogP contribution in [0.1, 0.15) is 44.4 Å². The van der Waals surface area contributed by atoms with Crippen LogP contribution >= 0.6 is 0 Å². The summed E-state index contributed by atoms with van der Waals surface area (Å²) in [5.41, 5.74) is 2.79. The molecule has 1 aromatic rings. The summed E-state index contributed by atoms with van der Waals surface area (Å²) in [4.78, 5) is 0. The number of benzene rings is 1. The van der Waals surface area contributed by atoms with Gasteiger partial charge in [0.15, 0.2) is 0 Å². The first-order chi connectivity index (χ1) is 7.26. The Morgan fingerprint density at radius 2 is 1.75 bits per heavy atom. The summed E-state index contributed by atoms with van der Waals surface area (Å²) < 4.78 is 5.98. The standard InChI is InChI=1S/C14H22O2/c1-7-11-8-12(15)9(2)10(3)13(11)16-14(4,5)6/h8,15H,7H2,1-6H3. The molecule has 0 atom stereocenters. The van der Waals surface area contributed by atoms with Gasteiger partial charge in [0, 0.05) is 0 Å². The molecule has 0 bridgehead atoms. The van der Waals surface area contributed by atoms with E-state index < -0.39 is 0 Å². The van der Waals surface area contributed by atoms with E-state index in [0.717, 1.165) is 28.9 Å². The van der Waals surface area contributed by atoms with Gasteiger partial charge in [-0.15, -0.1) is 0 Å². The van der Waals surface area contributed by atoms with Crippen LogP contribution in [0, 0.1) is 13.8 Å². The molecule has 0 saturated heterocycles. The van der Waals surface area contributed by atoms with Gasteiger partial charge in [-0.2, -0.15) is 0 Å². The average molecular weight is 222 g/mol. The molecule has 0 aromatic heterocycles. The normalized spacial score (nSPS) is 11.6. The molecule has 1 N–H and O–H groups in total. The summed E-state index contributed by atoms with van der Waals surface area (Å²) in [6, 6.07) is 1.81. The van der Waals surface area contributed by atoms with Gasteiger partial charge < -0.3 is 9.84 Å². The summed E-state index contributed by atoms with van der Waals surface area (Å²) in [6.45, 7) is 12.1. The fourth-order valence-electron chi connectivity index (χ4n) is 1.65. The Kier molecular flexibility index (Phi) is 3.51. The minimum atomic E-state index is -0.210. The molecule has 1 aromatic carbocycles. The fourth-order valence-corrected chi connectivity index (χ4v) is 1.65. The van der Waals surface area contributed by atoms with Gasteiger partial charge in [0.1, 0.15) is 17.1 Å². The first-order valence-electron chi connectivity index (χ1n) is 5.77. The Bertz CT molecular complexity index is 387. The van der Waals surface area contributed by atoms with Crippen molar-refractivity contribution in [3.63, 3.8) is 0 Å². The number of aromatic hydroxyl groups is 1. The summed E-state index contributed by atoms with van der Waals surface area (Å²) in [6.07, 6.45) is 0.861. The largest absolute Gasteiger partial charge is 0.508 e. The molecule has 0 spiro atoms. The third-order valence-electron chi connectivity index (χ3n) is 2.68. The number of hydrogen-bond donors (Lipinski definition) is 1. The second-order valence-corrected chi connectivity index (χ2v) is 5.20. The third kappa shape index (κ3) is 2.69. The van der Waals surface area contributed by atoms with Crippen molar-refractivity contribution >= 4 is 0 Å². The van der Waals surface area contributed by atoms with Crippen molar-refractivity contribution in [1.82, 2.24) is 0 Å². The van der Waals surface area contributed by atoms with Crippen molar-refractivity contribution in [2.24, 2.45) is 0 Å². The fraction of sp³-hybridized carbons (Fsp3) is 0.571. The molecular formula is C14H22O2. The number of phenolic OH excluding ortho intramolecular Hbond substituents is 1. The van der Waals surface area contributed by atoms with E-state index in [1.165, 1.54) is 0 Å². The van der Waals surface area contributed by atoms with Gasteiger partial charge in [0.25, 0.3) is 0 Å². The van der Waals surface area contributed by atoms with Crippen LogP contribution in [0.3, 0.4) is 0 Å². The minimum Gasteiger partial charge on any atom is -0.508 e. The second-order valence-electron chi connectivity index (χ2n) is 5.20.